The van der Waals surface area contributed by atoms with Crippen molar-refractivity contribution in [1.82, 2.24) is 5.32 Å². The van der Waals surface area contributed by atoms with E-state index in [1.54, 1.807) is 0 Å². The second-order valence-corrected chi connectivity index (χ2v) is 4.34. The van der Waals surface area contributed by atoms with Crippen LogP contribution in [0.1, 0.15) is 37.0 Å². The molecular formula is C14H17F2NO3. The third kappa shape index (κ3) is 4.29. The van der Waals surface area contributed by atoms with Gasteiger partial charge in [0.25, 0.3) is 5.91 Å². The molecule has 0 aliphatic rings. The summed E-state index contributed by atoms with van der Waals surface area (Å²) in [7, 11) is 0. The lowest BCUT2D eigenvalue weighted by atomic mass is 10.2. The van der Waals surface area contributed by atoms with Gasteiger partial charge in [-0.25, -0.2) is 8.78 Å². The van der Waals surface area contributed by atoms with Gasteiger partial charge in [0.1, 0.15) is 6.29 Å². The van der Waals surface area contributed by atoms with Crippen molar-refractivity contribution in [3.8, 4) is 5.75 Å². The Kier molecular flexibility index (Phi) is 6.09. The molecule has 1 rings (SSSR count). The lowest BCUT2D eigenvalue weighted by molar-refractivity contribution is -0.127. The lowest BCUT2D eigenvalue weighted by Gasteiger charge is -2.15. The molecular weight excluding hydrogens is 268 g/mol. The molecule has 110 valence electrons. The number of hydrogen-bond donors (Lipinski definition) is 1. The number of carbonyl (C=O) groups excluding carboxylic acids is 2. The highest BCUT2D eigenvalue weighted by Crippen LogP contribution is 2.23. The maximum Gasteiger partial charge on any atom is 0.260 e. The second kappa shape index (κ2) is 7.57. The number of carbonyl (C=O) groups is 2. The first-order valence-corrected chi connectivity index (χ1v) is 6.38. The van der Waals surface area contributed by atoms with Crippen LogP contribution in [0.25, 0.3) is 0 Å². The molecule has 0 saturated carbocycles. The van der Waals surface area contributed by atoms with E-state index in [-0.39, 0.29) is 5.56 Å². The number of benzene rings is 1. The van der Waals surface area contributed by atoms with E-state index in [1.165, 1.54) is 6.92 Å². The van der Waals surface area contributed by atoms with Gasteiger partial charge in [-0.3, -0.25) is 9.59 Å². The smallest absolute Gasteiger partial charge is 0.260 e. The van der Waals surface area contributed by atoms with E-state index in [2.05, 4.69) is 5.32 Å². The van der Waals surface area contributed by atoms with Gasteiger partial charge in [-0.05, 0) is 25.5 Å². The minimum atomic E-state index is -1.03. The van der Waals surface area contributed by atoms with Crippen LogP contribution in [0.15, 0.2) is 12.1 Å². The molecule has 4 nitrogen and oxygen atoms in total. The highest BCUT2D eigenvalue weighted by Gasteiger charge is 2.19. The Morgan fingerprint density at radius 2 is 2.00 bits per heavy atom. The summed E-state index contributed by atoms with van der Waals surface area (Å²) in [5, 5.41) is 2.60. The Bertz CT molecular complexity index is 468. The summed E-state index contributed by atoms with van der Waals surface area (Å²) in [5.74, 6) is -3.13. The van der Waals surface area contributed by atoms with Crippen molar-refractivity contribution in [3.63, 3.8) is 0 Å². The molecule has 0 saturated heterocycles. The van der Waals surface area contributed by atoms with E-state index in [4.69, 9.17) is 4.74 Å². The quantitative estimate of drug-likeness (QED) is 0.618. The Labute approximate surface area is 116 Å². The molecule has 0 bridgehead atoms. The van der Waals surface area contributed by atoms with E-state index in [1.807, 2.05) is 6.92 Å². The van der Waals surface area contributed by atoms with Gasteiger partial charge >= 0.3 is 0 Å². The largest absolute Gasteiger partial charge is 0.475 e. The van der Waals surface area contributed by atoms with Crippen LogP contribution in [-0.4, -0.2) is 24.8 Å². The van der Waals surface area contributed by atoms with Crippen LogP contribution in [0, 0.1) is 11.6 Å². The molecule has 0 aromatic heterocycles. The van der Waals surface area contributed by atoms with E-state index < -0.39 is 29.4 Å². The van der Waals surface area contributed by atoms with Gasteiger partial charge in [-0.2, -0.15) is 0 Å². The summed E-state index contributed by atoms with van der Waals surface area (Å²) >= 11 is 0. The van der Waals surface area contributed by atoms with Gasteiger partial charge in [-0.1, -0.05) is 13.3 Å². The number of rotatable bonds is 7. The first-order chi connectivity index (χ1) is 9.49. The number of unbranched alkanes of at least 4 members (excludes halogenated alkanes) is 1. The number of ether oxygens (including phenoxy) is 1. The highest BCUT2D eigenvalue weighted by atomic mass is 19.1. The van der Waals surface area contributed by atoms with E-state index in [0.717, 1.165) is 25.0 Å². The van der Waals surface area contributed by atoms with Crippen molar-refractivity contribution in [2.75, 3.05) is 6.54 Å². The van der Waals surface area contributed by atoms with Crippen molar-refractivity contribution in [1.29, 1.82) is 0 Å². The number of halogens is 2. The number of aldehydes is 1. The number of hydrogen-bond acceptors (Lipinski definition) is 3. The molecule has 20 heavy (non-hydrogen) atoms. The van der Waals surface area contributed by atoms with Gasteiger partial charge in [0.15, 0.2) is 23.5 Å². The molecule has 0 spiro atoms. The Balaban J connectivity index is 2.72. The first kappa shape index (κ1) is 16.1. The Morgan fingerprint density at radius 1 is 1.40 bits per heavy atom. The predicted molar refractivity (Wildman–Crippen MR) is 69.8 cm³/mol. The fraction of sp³-hybridized carbons (Fsp3) is 0.429. The van der Waals surface area contributed by atoms with Crippen LogP contribution in [-0.2, 0) is 4.79 Å². The molecule has 1 aromatic rings. The zero-order valence-corrected chi connectivity index (χ0v) is 11.4. The molecule has 1 atom stereocenters. The summed E-state index contributed by atoms with van der Waals surface area (Å²) in [5.41, 5.74) is -0.132. The predicted octanol–water partition coefficient (Wildman–Crippen LogP) is 2.46. The average Bonchev–Trinajstić information content (AvgIpc) is 2.42. The third-order valence-electron chi connectivity index (χ3n) is 2.65. The molecule has 1 aromatic carbocycles. The Hall–Kier alpha value is -1.98. The molecule has 0 aliphatic carbocycles. The van der Waals surface area contributed by atoms with Gasteiger partial charge in [0, 0.05) is 12.1 Å². The summed E-state index contributed by atoms with van der Waals surface area (Å²) in [6.45, 7) is 3.86. The second-order valence-electron chi connectivity index (χ2n) is 4.34. The van der Waals surface area contributed by atoms with Gasteiger partial charge in [0.2, 0.25) is 0 Å². The van der Waals surface area contributed by atoms with Crippen molar-refractivity contribution in [3.05, 3.63) is 29.3 Å². The van der Waals surface area contributed by atoms with Crippen molar-refractivity contribution >= 4 is 12.2 Å². The van der Waals surface area contributed by atoms with Crippen molar-refractivity contribution < 1.29 is 23.1 Å². The highest BCUT2D eigenvalue weighted by molar-refractivity contribution is 5.80. The van der Waals surface area contributed by atoms with Crippen LogP contribution in [0.3, 0.4) is 0 Å². The zero-order chi connectivity index (χ0) is 15.1. The van der Waals surface area contributed by atoms with Crippen LogP contribution < -0.4 is 10.1 Å². The van der Waals surface area contributed by atoms with E-state index >= 15 is 0 Å². The fourth-order valence-electron chi connectivity index (χ4n) is 1.52. The molecule has 0 heterocycles. The minimum absolute atomic E-state index is 0.132. The SMILES string of the molecule is CCCCNC(=O)C(C)Oc1c(F)cc(C=O)cc1F. The van der Waals surface area contributed by atoms with Crippen molar-refractivity contribution in [2.24, 2.45) is 0 Å². The fourth-order valence-corrected chi connectivity index (χ4v) is 1.52. The van der Waals surface area contributed by atoms with Crippen LogP contribution in [0.2, 0.25) is 0 Å². The zero-order valence-electron chi connectivity index (χ0n) is 11.4. The van der Waals surface area contributed by atoms with E-state index in [0.29, 0.717) is 12.8 Å². The third-order valence-corrected chi connectivity index (χ3v) is 2.65. The molecule has 0 radical (unpaired) electrons. The summed E-state index contributed by atoms with van der Waals surface area (Å²) in [6, 6.07) is 1.71. The van der Waals surface area contributed by atoms with E-state index in [9.17, 15) is 18.4 Å². The van der Waals surface area contributed by atoms with Crippen LogP contribution in [0.5, 0.6) is 5.75 Å². The first-order valence-electron chi connectivity index (χ1n) is 6.38. The molecule has 6 heteroatoms. The molecule has 1 N–H and O–H groups in total. The lowest BCUT2D eigenvalue weighted by Crippen LogP contribution is -2.37. The van der Waals surface area contributed by atoms with Gasteiger partial charge in [-0.15, -0.1) is 0 Å². The maximum absolute atomic E-state index is 13.6. The molecule has 1 unspecified atom stereocenters. The van der Waals surface area contributed by atoms with Crippen molar-refractivity contribution in [2.45, 2.75) is 32.8 Å². The standard InChI is InChI=1S/C14H17F2NO3/c1-3-4-5-17-14(19)9(2)20-13-11(15)6-10(8-18)7-12(13)16/h6-9H,3-5H2,1-2H3,(H,17,19). The molecule has 0 aliphatic heterocycles. The van der Waals surface area contributed by atoms with Crippen LogP contribution in [0.4, 0.5) is 8.78 Å². The normalized spacial score (nSPS) is 11.8. The average molecular weight is 285 g/mol. The monoisotopic (exact) mass is 285 g/mol. The topological polar surface area (TPSA) is 55.4 Å². The summed E-state index contributed by atoms with van der Waals surface area (Å²) in [4.78, 5) is 22.1. The number of nitrogens with one attached hydrogen (secondary N) is 1. The Morgan fingerprint density at radius 3 is 2.50 bits per heavy atom. The summed E-state index contributed by atoms with van der Waals surface area (Å²) in [6.07, 6.45) is 1.04. The molecule has 0 fully saturated rings. The van der Waals surface area contributed by atoms with Crippen LogP contribution >= 0.6 is 0 Å². The maximum atomic E-state index is 13.6. The summed E-state index contributed by atoms with van der Waals surface area (Å²) < 4.78 is 32.1. The minimum Gasteiger partial charge on any atom is -0.475 e. The van der Waals surface area contributed by atoms with Gasteiger partial charge in [0.05, 0.1) is 0 Å². The number of amides is 1. The molecule has 1 amide bonds. The van der Waals surface area contributed by atoms with Gasteiger partial charge < -0.3 is 10.1 Å².